The van der Waals surface area contributed by atoms with Gasteiger partial charge in [0, 0.05) is 5.56 Å². The number of nitrogens with one attached hydrogen (secondary N) is 1. The van der Waals surface area contributed by atoms with Gasteiger partial charge in [-0.05, 0) is 65.7 Å². The first-order valence-corrected chi connectivity index (χ1v) is 9.59. The van der Waals surface area contributed by atoms with Crippen LogP contribution in [0.5, 0.6) is 17.2 Å². The number of hydrogen-bond acceptors (Lipinski definition) is 5. The molecule has 0 aliphatic carbocycles. The molecule has 8 heteroatoms. The van der Waals surface area contributed by atoms with Gasteiger partial charge in [0.15, 0.2) is 11.5 Å². The molecule has 0 heterocycles. The molecular weight excluding hydrogens is 427 g/mol. The third-order valence-corrected chi connectivity index (χ3v) is 4.83. The second kappa shape index (κ2) is 10.0. The molecule has 0 saturated carbocycles. The highest BCUT2D eigenvalue weighted by atomic mass is 35.5. The van der Waals surface area contributed by atoms with Crippen molar-refractivity contribution in [2.24, 2.45) is 5.10 Å². The van der Waals surface area contributed by atoms with Crippen LogP contribution in [0.15, 0.2) is 65.8 Å². The van der Waals surface area contributed by atoms with Crippen molar-refractivity contribution in [2.45, 2.75) is 6.61 Å². The van der Waals surface area contributed by atoms with Crippen LogP contribution < -0.4 is 14.9 Å². The first kappa shape index (κ1) is 21.5. The maximum absolute atomic E-state index is 12.2. The Morgan fingerprint density at radius 3 is 2.53 bits per heavy atom. The Bertz CT molecular complexity index is 1070. The maximum Gasteiger partial charge on any atom is 0.271 e. The summed E-state index contributed by atoms with van der Waals surface area (Å²) >= 11 is 11.9. The fraction of sp³-hybridized carbons (Fsp3) is 0.0909. The maximum atomic E-state index is 12.2. The number of methoxy groups -OCH3 is 1. The molecular formula is C22H18Cl2N2O4. The Hall–Kier alpha value is -3.22. The van der Waals surface area contributed by atoms with E-state index in [4.69, 9.17) is 32.7 Å². The predicted molar refractivity (Wildman–Crippen MR) is 117 cm³/mol. The molecule has 0 fully saturated rings. The second-order valence-electron chi connectivity index (χ2n) is 6.19. The fourth-order valence-corrected chi connectivity index (χ4v) is 2.82. The molecule has 3 aromatic carbocycles. The largest absolute Gasteiger partial charge is 0.504 e. The number of aromatic hydroxyl groups is 1. The minimum atomic E-state index is -0.368. The lowest BCUT2D eigenvalue weighted by atomic mass is 10.2. The van der Waals surface area contributed by atoms with Crippen LogP contribution in [-0.4, -0.2) is 24.3 Å². The number of carbonyl (C=O) groups is 1. The van der Waals surface area contributed by atoms with Crippen molar-refractivity contribution in [1.29, 1.82) is 0 Å². The molecule has 0 bridgehead atoms. The van der Waals surface area contributed by atoms with Gasteiger partial charge in [0.25, 0.3) is 5.91 Å². The number of phenols is 1. The molecule has 1 amide bonds. The molecule has 0 radical (unpaired) electrons. The smallest absolute Gasteiger partial charge is 0.271 e. The van der Waals surface area contributed by atoms with Crippen LogP contribution in [0.1, 0.15) is 21.5 Å². The van der Waals surface area contributed by atoms with E-state index in [9.17, 15) is 9.90 Å². The highest BCUT2D eigenvalue weighted by molar-refractivity contribution is 6.42. The lowest BCUT2D eigenvalue weighted by Crippen LogP contribution is -2.17. The average Bonchev–Trinajstić information content (AvgIpc) is 2.76. The van der Waals surface area contributed by atoms with Crippen molar-refractivity contribution in [1.82, 2.24) is 5.43 Å². The predicted octanol–water partition coefficient (Wildman–Crippen LogP) is 5.05. The molecule has 0 aliphatic heterocycles. The molecule has 154 valence electrons. The first-order chi connectivity index (χ1) is 14.5. The van der Waals surface area contributed by atoms with Gasteiger partial charge >= 0.3 is 0 Å². The zero-order valence-electron chi connectivity index (χ0n) is 15.9. The molecule has 3 aromatic rings. The molecule has 0 aromatic heterocycles. The molecule has 0 saturated heterocycles. The van der Waals surface area contributed by atoms with Crippen LogP contribution in [0.3, 0.4) is 0 Å². The van der Waals surface area contributed by atoms with E-state index in [0.717, 1.165) is 5.56 Å². The third kappa shape index (κ3) is 5.65. The number of hydrogen-bond donors (Lipinski definition) is 2. The Labute approximate surface area is 183 Å². The first-order valence-electron chi connectivity index (χ1n) is 8.83. The molecule has 0 unspecified atom stereocenters. The number of hydrazone groups is 1. The van der Waals surface area contributed by atoms with Crippen LogP contribution in [0.4, 0.5) is 0 Å². The number of ether oxygens (including phenoxy) is 2. The molecule has 6 nitrogen and oxygen atoms in total. The van der Waals surface area contributed by atoms with Crippen molar-refractivity contribution in [3.8, 4) is 17.2 Å². The van der Waals surface area contributed by atoms with E-state index in [2.05, 4.69) is 10.5 Å². The average molecular weight is 445 g/mol. The van der Waals surface area contributed by atoms with Gasteiger partial charge in [-0.2, -0.15) is 5.10 Å². The molecule has 0 aliphatic rings. The van der Waals surface area contributed by atoms with E-state index in [1.54, 1.807) is 48.5 Å². The SMILES string of the molecule is COc1cc(C=NNC(=O)c2ccc(OCc3ccc(Cl)c(Cl)c3)cc2)ccc1O. The van der Waals surface area contributed by atoms with Gasteiger partial charge in [-0.15, -0.1) is 0 Å². The Kier molecular flexibility index (Phi) is 7.17. The summed E-state index contributed by atoms with van der Waals surface area (Å²) in [7, 11) is 1.45. The van der Waals surface area contributed by atoms with Crippen LogP contribution in [-0.2, 0) is 6.61 Å². The minimum absolute atomic E-state index is 0.0279. The Morgan fingerprint density at radius 1 is 1.07 bits per heavy atom. The van der Waals surface area contributed by atoms with Gasteiger partial charge in [-0.1, -0.05) is 29.3 Å². The van der Waals surface area contributed by atoms with Crippen LogP contribution >= 0.6 is 23.2 Å². The zero-order valence-corrected chi connectivity index (χ0v) is 17.4. The summed E-state index contributed by atoms with van der Waals surface area (Å²) in [5.41, 5.74) is 4.42. The number of phenolic OH excluding ortho intramolecular Hbond substituents is 1. The van der Waals surface area contributed by atoms with Crippen LogP contribution in [0.2, 0.25) is 10.0 Å². The highest BCUT2D eigenvalue weighted by Crippen LogP contribution is 2.25. The second-order valence-corrected chi connectivity index (χ2v) is 7.01. The van der Waals surface area contributed by atoms with E-state index >= 15 is 0 Å². The number of rotatable bonds is 7. The quantitative estimate of drug-likeness (QED) is 0.394. The summed E-state index contributed by atoms with van der Waals surface area (Å²) in [6.07, 6.45) is 1.45. The van der Waals surface area contributed by atoms with Crippen molar-refractivity contribution >= 4 is 35.3 Å². The molecule has 2 N–H and O–H groups in total. The fourth-order valence-electron chi connectivity index (χ4n) is 2.50. The van der Waals surface area contributed by atoms with E-state index < -0.39 is 0 Å². The lowest BCUT2D eigenvalue weighted by molar-refractivity contribution is 0.0955. The summed E-state index contributed by atoms with van der Waals surface area (Å²) in [5.74, 6) is 0.590. The molecule has 0 spiro atoms. The summed E-state index contributed by atoms with van der Waals surface area (Å²) in [6, 6.07) is 16.7. The highest BCUT2D eigenvalue weighted by Gasteiger charge is 2.06. The van der Waals surface area contributed by atoms with E-state index in [1.165, 1.54) is 19.4 Å². The van der Waals surface area contributed by atoms with Crippen molar-refractivity contribution in [2.75, 3.05) is 7.11 Å². The Balaban J connectivity index is 1.55. The summed E-state index contributed by atoms with van der Waals surface area (Å²) < 4.78 is 10.7. The van der Waals surface area contributed by atoms with Crippen LogP contribution in [0, 0.1) is 0 Å². The Morgan fingerprint density at radius 2 is 1.83 bits per heavy atom. The zero-order chi connectivity index (χ0) is 21.5. The van der Waals surface area contributed by atoms with Gasteiger partial charge in [-0.25, -0.2) is 5.43 Å². The van der Waals surface area contributed by atoms with E-state index in [0.29, 0.717) is 39.3 Å². The standard InChI is InChI=1S/C22H18Cl2N2O4/c1-29-21-11-14(3-9-20(21)27)12-25-26-22(28)16-4-6-17(7-5-16)30-13-15-2-8-18(23)19(24)10-15/h2-12,27H,13H2,1H3,(H,26,28). The minimum Gasteiger partial charge on any atom is -0.504 e. The number of nitrogens with zero attached hydrogens (tertiary/aromatic N) is 1. The summed E-state index contributed by atoms with van der Waals surface area (Å²) in [6.45, 7) is 0.322. The number of benzene rings is 3. The van der Waals surface area contributed by atoms with Gasteiger partial charge in [0.05, 0.1) is 23.4 Å². The number of carbonyl (C=O) groups excluding carboxylic acids is 1. The molecule has 3 rings (SSSR count). The van der Waals surface area contributed by atoms with Gasteiger partial charge < -0.3 is 14.6 Å². The van der Waals surface area contributed by atoms with E-state index in [-0.39, 0.29) is 11.7 Å². The molecule has 0 atom stereocenters. The monoisotopic (exact) mass is 444 g/mol. The van der Waals surface area contributed by atoms with Crippen molar-refractivity contribution in [3.63, 3.8) is 0 Å². The van der Waals surface area contributed by atoms with Crippen LogP contribution in [0.25, 0.3) is 0 Å². The van der Waals surface area contributed by atoms with Gasteiger partial charge in [0.1, 0.15) is 12.4 Å². The molecule has 30 heavy (non-hydrogen) atoms. The van der Waals surface area contributed by atoms with Gasteiger partial charge in [-0.3, -0.25) is 4.79 Å². The summed E-state index contributed by atoms with van der Waals surface area (Å²) in [4.78, 5) is 12.2. The van der Waals surface area contributed by atoms with E-state index in [1.807, 2.05) is 6.07 Å². The summed E-state index contributed by atoms with van der Waals surface area (Å²) in [5, 5.41) is 14.5. The third-order valence-electron chi connectivity index (χ3n) is 4.09. The topological polar surface area (TPSA) is 80.2 Å². The normalized spacial score (nSPS) is 10.8. The van der Waals surface area contributed by atoms with Gasteiger partial charge in [0.2, 0.25) is 0 Å². The number of amides is 1. The van der Waals surface area contributed by atoms with Crippen molar-refractivity contribution < 1.29 is 19.4 Å². The number of halogens is 2. The van der Waals surface area contributed by atoms with Crippen molar-refractivity contribution in [3.05, 3.63) is 87.4 Å². The lowest BCUT2D eigenvalue weighted by Gasteiger charge is -2.08.